The average Bonchev–Trinajstić information content (AvgIpc) is 3.04. The molecule has 5 heteroatoms. The second-order valence-corrected chi connectivity index (χ2v) is 5.16. The first kappa shape index (κ1) is 13.4. The van der Waals surface area contributed by atoms with Gasteiger partial charge in [-0.15, -0.1) is 0 Å². The number of hydrogen-bond donors (Lipinski definition) is 2. The molecule has 0 radical (unpaired) electrons. The average molecular weight is 283 g/mol. The van der Waals surface area contributed by atoms with E-state index in [0.717, 1.165) is 33.5 Å². The molecule has 0 aliphatic rings. The minimum Gasteiger partial charge on any atom is -0.361 e. The van der Waals surface area contributed by atoms with Gasteiger partial charge in [-0.2, -0.15) is 0 Å². The minimum absolute atomic E-state index is 0.0130. The highest BCUT2D eigenvalue weighted by molar-refractivity contribution is 5.83. The topological polar surface area (TPSA) is 70.9 Å². The van der Waals surface area contributed by atoms with E-state index >= 15 is 0 Å². The summed E-state index contributed by atoms with van der Waals surface area (Å²) in [5.41, 5.74) is 3.80. The van der Waals surface area contributed by atoms with Crippen molar-refractivity contribution in [3.63, 3.8) is 0 Å². The molecule has 0 bridgehead atoms. The number of carbonyl (C=O) groups excluding carboxylic acids is 1. The Bertz CT molecular complexity index is 766. The van der Waals surface area contributed by atoms with Gasteiger partial charge in [0, 0.05) is 23.8 Å². The van der Waals surface area contributed by atoms with Crippen LogP contribution in [0.4, 0.5) is 0 Å². The van der Waals surface area contributed by atoms with Gasteiger partial charge in [0.05, 0.1) is 12.1 Å². The highest BCUT2D eigenvalue weighted by atomic mass is 16.5. The monoisotopic (exact) mass is 283 g/mol. The van der Waals surface area contributed by atoms with E-state index in [1.807, 2.05) is 44.3 Å². The van der Waals surface area contributed by atoms with Gasteiger partial charge in [-0.1, -0.05) is 17.3 Å². The zero-order valence-electron chi connectivity index (χ0n) is 12.1. The molecule has 0 aliphatic carbocycles. The fourth-order valence-electron chi connectivity index (χ4n) is 2.39. The van der Waals surface area contributed by atoms with Gasteiger partial charge in [0.25, 0.3) is 0 Å². The van der Waals surface area contributed by atoms with E-state index < -0.39 is 0 Å². The van der Waals surface area contributed by atoms with Gasteiger partial charge >= 0.3 is 0 Å². The molecular formula is C16H17N3O2. The summed E-state index contributed by atoms with van der Waals surface area (Å²) in [6.45, 7) is 4.17. The van der Waals surface area contributed by atoms with E-state index in [4.69, 9.17) is 4.52 Å². The van der Waals surface area contributed by atoms with Crippen LogP contribution in [0.3, 0.4) is 0 Å². The lowest BCUT2D eigenvalue weighted by Crippen LogP contribution is -2.25. The van der Waals surface area contributed by atoms with E-state index in [2.05, 4.69) is 15.5 Å². The zero-order valence-corrected chi connectivity index (χ0v) is 12.1. The van der Waals surface area contributed by atoms with Gasteiger partial charge in [-0.05, 0) is 36.9 Å². The zero-order chi connectivity index (χ0) is 14.8. The summed E-state index contributed by atoms with van der Waals surface area (Å²) in [6, 6.07) is 8.01. The van der Waals surface area contributed by atoms with Crippen LogP contribution in [-0.2, 0) is 17.8 Å². The third-order valence-corrected chi connectivity index (χ3v) is 3.63. The number of nitrogens with zero attached hydrogens (tertiary/aromatic N) is 1. The lowest BCUT2D eigenvalue weighted by atomic mass is 10.1. The number of nitrogens with one attached hydrogen (secondary N) is 2. The van der Waals surface area contributed by atoms with Crippen molar-refractivity contribution in [2.75, 3.05) is 0 Å². The van der Waals surface area contributed by atoms with Crippen molar-refractivity contribution in [2.24, 2.45) is 0 Å². The maximum absolute atomic E-state index is 12.0. The molecule has 108 valence electrons. The second-order valence-electron chi connectivity index (χ2n) is 5.16. The Morgan fingerprint density at radius 3 is 2.95 bits per heavy atom. The van der Waals surface area contributed by atoms with Crippen LogP contribution < -0.4 is 5.32 Å². The first-order valence-electron chi connectivity index (χ1n) is 6.88. The number of aromatic amines is 1. The molecule has 0 unspecified atom stereocenters. The predicted molar refractivity (Wildman–Crippen MR) is 79.8 cm³/mol. The molecular weight excluding hydrogens is 266 g/mol. The molecule has 0 fully saturated rings. The van der Waals surface area contributed by atoms with E-state index in [1.54, 1.807) is 0 Å². The Hall–Kier alpha value is -2.56. The molecule has 21 heavy (non-hydrogen) atoms. The fraction of sp³-hybridized carbons (Fsp3) is 0.250. The molecule has 3 rings (SSSR count). The lowest BCUT2D eigenvalue weighted by molar-refractivity contribution is -0.120. The number of rotatable bonds is 4. The number of fused-ring (bicyclic) bond motifs is 1. The molecule has 2 heterocycles. The smallest absolute Gasteiger partial charge is 0.224 e. The van der Waals surface area contributed by atoms with Crippen molar-refractivity contribution in [3.05, 3.63) is 53.0 Å². The number of benzene rings is 1. The number of carbonyl (C=O) groups is 1. The number of aromatic nitrogens is 2. The molecule has 1 aromatic carbocycles. The lowest BCUT2D eigenvalue weighted by Gasteiger charge is -2.05. The summed E-state index contributed by atoms with van der Waals surface area (Å²) in [5, 5.41) is 7.93. The normalized spacial score (nSPS) is 11.0. The molecule has 2 N–H and O–H groups in total. The van der Waals surface area contributed by atoms with Crippen molar-refractivity contribution in [1.82, 2.24) is 15.5 Å². The van der Waals surface area contributed by atoms with Crippen molar-refractivity contribution >= 4 is 16.8 Å². The first-order valence-corrected chi connectivity index (χ1v) is 6.88. The summed E-state index contributed by atoms with van der Waals surface area (Å²) in [7, 11) is 0. The van der Waals surface area contributed by atoms with Gasteiger partial charge in [0.15, 0.2) is 0 Å². The predicted octanol–water partition coefficient (Wildman–Crippen LogP) is 2.63. The Morgan fingerprint density at radius 1 is 1.33 bits per heavy atom. The van der Waals surface area contributed by atoms with E-state index in [-0.39, 0.29) is 5.91 Å². The van der Waals surface area contributed by atoms with Crippen molar-refractivity contribution in [2.45, 2.75) is 26.8 Å². The Labute approximate surface area is 122 Å². The van der Waals surface area contributed by atoms with Crippen LogP contribution in [0.25, 0.3) is 10.9 Å². The van der Waals surface area contributed by atoms with Gasteiger partial charge in [-0.25, -0.2) is 0 Å². The van der Waals surface area contributed by atoms with Crippen molar-refractivity contribution in [3.8, 4) is 0 Å². The summed E-state index contributed by atoms with van der Waals surface area (Å²) >= 11 is 0. The molecule has 0 spiro atoms. The summed E-state index contributed by atoms with van der Waals surface area (Å²) in [5.74, 6) is 0.738. The molecule has 0 atom stereocenters. The SMILES string of the molecule is Cc1noc(C)c1CNC(=O)Cc1ccc2cc[nH]c2c1. The highest BCUT2D eigenvalue weighted by Gasteiger charge is 2.10. The number of H-pyrrole nitrogens is 1. The maximum atomic E-state index is 12.0. The molecule has 0 aliphatic heterocycles. The van der Waals surface area contributed by atoms with Crippen LogP contribution >= 0.6 is 0 Å². The van der Waals surface area contributed by atoms with Crippen molar-refractivity contribution < 1.29 is 9.32 Å². The standard InChI is InChI=1S/C16H17N3O2/c1-10-14(11(2)21-19-10)9-18-16(20)8-12-3-4-13-5-6-17-15(13)7-12/h3-7,17H,8-9H2,1-2H3,(H,18,20). The van der Waals surface area contributed by atoms with Gasteiger partial charge < -0.3 is 14.8 Å². The van der Waals surface area contributed by atoms with Gasteiger partial charge in [0.2, 0.25) is 5.91 Å². The molecule has 5 nitrogen and oxygen atoms in total. The molecule has 3 aromatic rings. The minimum atomic E-state index is -0.0130. The Balaban J connectivity index is 1.63. The second kappa shape index (κ2) is 5.44. The highest BCUT2D eigenvalue weighted by Crippen LogP contribution is 2.15. The third-order valence-electron chi connectivity index (χ3n) is 3.63. The van der Waals surface area contributed by atoms with Gasteiger partial charge in [0.1, 0.15) is 5.76 Å². The van der Waals surface area contributed by atoms with Crippen LogP contribution in [0.15, 0.2) is 35.0 Å². The molecule has 0 saturated carbocycles. The van der Waals surface area contributed by atoms with Gasteiger partial charge in [-0.3, -0.25) is 4.79 Å². The van der Waals surface area contributed by atoms with Crippen LogP contribution in [-0.4, -0.2) is 16.0 Å². The molecule has 2 aromatic heterocycles. The van der Waals surface area contributed by atoms with Crippen molar-refractivity contribution in [1.29, 1.82) is 0 Å². The van der Waals surface area contributed by atoms with Crippen LogP contribution in [0.2, 0.25) is 0 Å². The van der Waals surface area contributed by atoms with E-state index in [1.165, 1.54) is 0 Å². The molecule has 1 amide bonds. The third kappa shape index (κ3) is 2.81. The van der Waals surface area contributed by atoms with Crippen LogP contribution in [0.5, 0.6) is 0 Å². The first-order chi connectivity index (χ1) is 10.1. The fourth-order valence-corrected chi connectivity index (χ4v) is 2.39. The molecule has 0 saturated heterocycles. The summed E-state index contributed by atoms with van der Waals surface area (Å²) in [6.07, 6.45) is 2.25. The van der Waals surface area contributed by atoms with Crippen LogP contribution in [0.1, 0.15) is 22.6 Å². The summed E-state index contributed by atoms with van der Waals surface area (Å²) in [4.78, 5) is 15.2. The number of hydrogen-bond acceptors (Lipinski definition) is 3. The van der Waals surface area contributed by atoms with Crippen LogP contribution in [0, 0.1) is 13.8 Å². The quantitative estimate of drug-likeness (QED) is 0.773. The number of amides is 1. The Kier molecular flexibility index (Phi) is 3.48. The summed E-state index contributed by atoms with van der Waals surface area (Å²) < 4.78 is 5.08. The van der Waals surface area contributed by atoms with E-state index in [0.29, 0.717) is 13.0 Å². The van der Waals surface area contributed by atoms with E-state index in [9.17, 15) is 4.79 Å². The number of aryl methyl sites for hydroxylation is 2. The Morgan fingerprint density at radius 2 is 2.19 bits per heavy atom. The largest absolute Gasteiger partial charge is 0.361 e. The maximum Gasteiger partial charge on any atom is 0.224 e.